The highest BCUT2D eigenvalue weighted by molar-refractivity contribution is 6.52. The van der Waals surface area contributed by atoms with Gasteiger partial charge >= 0.3 is 14.8 Å². The van der Waals surface area contributed by atoms with Crippen LogP contribution in [0.1, 0.15) is 11.1 Å². The molecule has 2 radical (unpaired) electrons. The van der Waals surface area contributed by atoms with Crippen LogP contribution in [-0.2, 0) is 0 Å². The minimum absolute atomic E-state index is 0.684. The first-order valence-corrected chi connectivity index (χ1v) is 7.97. The van der Waals surface area contributed by atoms with E-state index in [1.165, 1.54) is 0 Å². The molecule has 3 rings (SSSR count). The Morgan fingerprint density at radius 1 is 0.655 bits per heavy atom. The zero-order chi connectivity index (χ0) is 21.6. The van der Waals surface area contributed by atoms with Gasteiger partial charge in [-0.15, -0.1) is 0 Å². The fourth-order valence-electron chi connectivity index (χ4n) is 2.58. The van der Waals surface area contributed by atoms with Crippen molar-refractivity contribution in [3.63, 3.8) is 0 Å². The van der Waals surface area contributed by atoms with Crippen molar-refractivity contribution >= 4 is 25.8 Å². The van der Waals surface area contributed by atoms with E-state index < -0.39 is 68.6 Å². The fourth-order valence-corrected chi connectivity index (χ4v) is 2.58. The number of imidazole rings is 1. The number of hydrogen-bond acceptors (Lipinski definition) is 0. The molecule has 0 atom stereocenters. The Kier molecular flexibility index (Phi) is 5.46. The van der Waals surface area contributed by atoms with Gasteiger partial charge in [-0.3, -0.25) is 8.96 Å². The predicted octanol–water partition coefficient (Wildman–Crippen LogP) is 2.09. The number of nitrogens with zero attached hydrogens (tertiary/aromatic N) is 2. The van der Waals surface area contributed by atoms with E-state index in [1.807, 2.05) is 0 Å². The zero-order valence-electron chi connectivity index (χ0n) is 14.8. The minimum atomic E-state index is -1.63. The SMILES string of the molecule is Cc1c(F)c(F)c([B]n2cc[n+]([B]c3c(F)c(F)c(C)c(F)c3F)c2)c(F)c1F. The largest absolute Gasteiger partial charge is 0.442 e. The van der Waals surface area contributed by atoms with Crippen LogP contribution >= 0.6 is 0 Å². The van der Waals surface area contributed by atoms with Gasteiger partial charge in [-0.25, -0.2) is 35.1 Å². The predicted molar refractivity (Wildman–Crippen MR) is 88.2 cm³/mol. The summed E-state index contributed by atoms with van der Waals surface area (Å²) in [5.41, 5.74) is -3.72. The molecule has 2 nitrogen and oxygen atoms in total. The van der Waals surface area contributed by atoms with Gasteiger partial charge in [0, 0.05) is 22.1 Å². The molecule has 29 heavy (non-hydrogen) atoms. The molecule has 0 fully saturated rings. The third-order valence-corrected chi connectivity index (χ3v) is 4.27. The first kappa shape index (κ1) is 20.9. The van der Waals surface area contributed by atoms with Crippen LogP contribution < -0.4 is 15.4 Å². The van der Waals surface area contributed by atoms with E-state index >= 15 is 0 Å². The number of benzene rings is 2. The van der Waals surface area contributed by atoms with Gasteiger partial charge in [0.25, 0.3) is 0 Å². The van der Waals surface area contributed by atoms with Crippen molar-refractivity contribution in [2.24, 2.45) is 0 Å². The normalized spacial score (nSPS) is 11.1. The molecule has 3 aromatic rings. The molecule has 0 saturated carbocycles. The molecule has 0 aliphatic carbocycles. The zero-order valence-corrected chi connectivity index (χ0v) is 14.8. The molecule has 1 aromatic heterocycles. The second-order valence-electron chi connectivity index (χ2n) is 6.16. The van der Waals surface area contributed by atoms with Gasteiger partial charge in [-0.2, -0.15) is 0 Å². The first-order chi connectivity index (χ1) is 13.5. The van der Waals surface area contributed by atoms with Crippen LogP contribution in [0.4, 0.5) is 35.1 Å². The Hall–Kier alpha value is -2.78. The van der Waals surface area contributed by atoms with Crippen LogP contribution in [0.2, 0.25) is 0 Å². The van der Waals surface area contributed by atoms with E-state index in [9.17, 15) is 35.1 Å². The molecule has 148 valence electrons. The molecule has 0 aliphatic rings. The quantitative estimate of drug-likeness (QED) is 0.351. The van der Waals surface area contributed by atoms with Gasteiger partial charge in [-0.05, 0) is 13.8 Å². The minimum Gasteiger partial charge on any atom is -0.300 e. The number of rotatable bonds is 4. The molecule has 1 heterocycles. The lowest BCUT2D eigenvalue weighted by atomic mass is 9.80. The van der Waals surface area contributed by atoms with Crippen molar-refractivity contribution in [3.05, 3.63) is 76.4 Å². The van der Waals surface area contributed by atoms with Crippen LogP contribution in [0.15, 0.2) is 18.7 Å². The van der Waals surface area contributed by atoms with E-state index in [4.69, 9.17) is 0 Å². The lowest BCUT2D eigenvalue weighted by Crippen LogP contribution is -2.49. The van der Waals surface area contributed by atoms with Gasteiger partial charge in [-0.1, -0.05) is 0 Å². The highest BCUT2D eigenvalue weighted by Gasteiger charge is 2.29. The van der Waals surface area contributed by atoms with E-state index in [-0.39, 0.29) is 0 Å². The molecule has 0 spiro atoms. The van der Waals surface area contributed by atoms with Crippen LogP contribution in [0.5, 0.6) is 0 Å². The lowest BCUT2D eigenvalue weighted by Gasteiger charge is -2.07. The Morgan fingerprint density at radius 3 is 1.52 bits per heavy atom. The second kappa shape index (κ2) is 7.57. The maximum absolute atomic E-state index is 14.0. The third-order valence-electron chi connectivity index (χ3n) is 4.27. The summed E-state index contributed by atoms with van der Waals surface area (Å²) in [6.07, 6.45) is 3.21. The molecular formula is C17H9B2F8N2+. The Morgan fingerprint density at radius 2 is 1.07 bits per heavy atom. The Bertz CT molecular complexity index is 985. The van der Waals surface area contributed by atoms with E-state index in [0.717, 1.165) is 41.5 Å². The molecule has 0 N–H and O–H groups in total. The van der Waals surface area contributed by atoms with E-state index in [0.29, 0.717) is 14.8 Å². The van der Waals surface area contributed by atoms with Gasteiger partial charge in [0.2, 0.25) is 6.33 Å². The summed E-state index contributed by atoms with van der Waals surface area (Å²) in [5, 5.41) is 0. The number of aromatic nitrogens is 2. The van der Waals surface area contributed by atoms with Gasteiger partial charge < -0.3 is 0 Å². The monoisotopic (exact) mass is 415 g/mol. The molecular weight excluding hydrogens is 406 g/mol. The summed E-state index contributed by atoms with van der Waals surface area (Å²) < 4.78 is 112. The lowest BCUT2D eigenvalue weighted by molar-refractivity contribution is -0.525. The van der Waals surface area contributed by atoms with Crippen LogP contribution in [0.3, 0.4) is 0 Å². The third kappa shape index (κ3) is 3.51. The van der Waals surface area contributed by atoms with E-state index in [1.54, 1.807) is 0 Å². The topological polar surface area (TPSA) is 8.81 Å². The van der Waals surface area contributed by atoms with Crippen molar-refractivity contribution < 1.29 is 39.6 Å². The Balaban J connectivity index is 1.93. The van der Waals surface area contributed by atoms with Crippen molar-refractivity contribution in [2.75, 3.05) is 0 Å². The second-order valence-corrected chi connectivity index (χ2v) is 6.16. The highest BCUT2D eigenvalue weighted by Crippen LogP contribution is 2.17. The first-order valence-electron chi connectivity index (χ1n) is 7.97. The van der Waals surface area contributed by atoms with Crippen LogP contribution in [0, 0.1) is 60.4 Å². The molecule has 2 aromatic carbocycles. The van der Waals surface area contributed by atoms with Gasteiger partial charge in [0.05, 0.1) is 0 Å². The summed E-state index contributed by atoms with van der Waals surface area (Å²) in [5.74, 6) is -12.8. The summed E-state index contributed by atoms with van der Waals surface area (Å²) in [6, 6.07) is 0. The maximum atomic E-state index is 14.0. The molecule has 12 heteroatoms. The van der Waals surface area contributed by atoms with Crippen molar-refractivity contribution in [3.8, 4) is 0 Å². The number of halogens is 8. The van der Waals surface area contributed by atoms with Crippen LogP contribution in [-0.4, -0.2) is 19.3 Å². The fraction of sp³-hybridized carbons (Fsp3) is 0.118. The summed E-state index contributed by atoms with van der Waals surface area (Å²) in [4.78, 5) is 0. The summed E-state index contributed by atoms with van der Waals surface area (Å²) in [6.45, 7) is 1.73. The maximum Gasteiger partial charge on any atom is 0.442 e. The molecule has 0 aliphatic heterocycles. The summed E-state index contributed by atoms with van der Waals surface area (Å²) >= 11 is 0. The van der Waals surface area contributed by atoms with Crippen molar-refractivity contribution in [2.45, 2.75) is 13.8 Å². The molecule has 0 bridgehead atoms. The average Bonchev–Trinajstić information content (AvgIpc) is 3.15. The van der Waals surface area contributed by atoms with Gasteiger partial charge in [0.1, 0.15) is 12.4 Å². The summed E-state index contributed by atoms with van der Waals surface area (Å²) in [7, 11) is 1.37. The molecule has 0 saturated heterocycles. The number of hydrogen-bond donors (Lipinski definition) is 0. The van der Waals surface area contributed by atoms with E-state index in [2.05, 4.69) is 0 Å². The standard InChI is InChI=1S/C17H9B2F8N2/c1-6-10(20)14(24)8(15(25)11(6)21)18-28-3-4-29(5-28)19-9-16(26)12(22)7(2)13(23)17(9)27/h3-5H,1-2H3/q+1. The van der Waals surface area contributed by atoms with Gasteiger partial charge in [0.15, 0.2) is 46.5 Å². The highest BCUT2D eigenvalue weighted by atomic mass is 19.2. The Labute approximate surface area is 160 Å². The van der Waals surface area contributed by atoms with Crippen molar-refractivity contribution in [1.82, 2.24) is 4.48 Å². The molecule has 0 unspecified atom stereocenters. The van der Waals surface area contributed by atoms with Crippen LogP contribution in [0.25, 0.3) is 0 Å². The molecule has 0 amide bonds. The smallest absolute Gasteiger partial charge is 0.300 e. The average molecular weight is 415 g/mol. The van der Waals surface area contributed by atoms with Crippen molar-refractivity contribution in [1.29, 1.82) is 0 Å².